The van der Waals surface area contributed by atoms with Crippen molar-refractivity contribution in [3.8, 4) is 5.75 Å². The minimum Gasteiger partial charge on any atom is -0.497 e. The van der Waals surface area contributed by atoms with E-state index in [1.165, 1.54) is 81.9 Å². The molecule has 0 bridgehead atoms. The topological polar surface area (TPSA) is 470 Å². The third kappa shape index (κ3) is 19.3. The Hall–Kier alpha value is -11.7. The zero-order valence-corrected chi connectivity index (χ0v) is 77.3. The molecule has 0 saturated carbocycles. The number of nitrogens with zero attached hydrogens (tertiary/aromatic N) is 6. The number of hydrogen-bond acceptors (Lipinski definition) is 28. The largest absolute Gasteiger partial charge is 0.497 e. The van der Waals surface area contributed by atoms with Crippen LogP contribution in [0, 0.1) is 58.6 Å². The summed E-state index contributed by atoms with van der Waals surface area (Å²) in [6.45, 7) is 12.3. The number of rotatable bonds is 12. The second-order valence-electron chi connectivity index (χ2n) is 28.5. The fourth-order valence-corrected chi connectivity index (χ4v) is 27.5. The van der Waals surface area contributed by atoms with Gasteiger partial charge in [-0.25, -0.2) is 63.6 Å². The Morgan fingerprint density at radius 2 is 0.638 bits per heavy atom. The molecule has 34 nitrogen and oxygen atoms in total. The number of thiophene rings is 5. The molecule has 0 fully saturated rings. The average Bonchev–Trinajstić information content (AvgIpc) is 1.53. The SMILES string of the molecule is COc1ccc(NC(=O)C2C(=O)N(C)S(=O)(=O)c3cc(C)sc32)cc1.Cc1cc2c(s1)C(C(=O)Nc1ccc(C)c(Cl)c1)C(=O)N(C)S2(=O)=O.Cc1cc2c(s1)C(C(=O)Nc1ccc([N+](=O)[O-])cc1)C(=O)N(C)S2(=O)=O.Cc1cc2c(s1)C(C(=O)Nc1cccc(C(F)(F)F)c1)C(=O)N(C)S2(=O)=O.Cc1ccc(NC(=O)C2C(=O)N(C)S(=O)(=O)c3cc(C)sc32)cc1. The Labute approximate surface area is 749 Å². The van der Waals surface area contributed by atoms with Crippen LogP contribution in [-0.2, 0) is 104 Å². The van der Waals surface area contributed by atoms with Gasteiger partial charge in [0.25, 0.3) is 85.3 Å². The van der Waals surface area contributed by atoms with Gasteiger partial charge >= 0.3 is 6.18 Å². The molecular formula is C79H73ClF3N11O23S10. The highest BCUT2D eigenvalue weighted by molar-refractivity contribution is 7.91. The summed E-state index contributed by atoms with van der Waals surface area (Å²) in [5.74, 6) is -13.1. The highest BCUT2D eigenvalue weighted by Gasteiger charge is 2.52. The summed E-state index contributed by atoms with van der Waals surface area (Å²) < 4.78 is 170. The minimum absolute atomic E-state index is 0.0131. The fraction of sp³-hybridized carbons (Fsp3) is 0.241. The van der Waals surface area contributed by atoms with Crippen LogP contribution in [0.2, 0.25) is 5.02 Å². The maximum absolute atomic E-state index is 12.8. The number of benzene rings is 5. The van der Waals surface area contributed by atoms with Crippen LogP contribution in [-0.4, -0.2) is 170 Å². The number of nitro benzene ring substituents is 1. The van der Waals surface area contributed by atoms with Gasteiger partial charge in [-0.1, -0.05) is 41.4 Å². The smallest absolute Gasteiger partial charge is 0.416 e. The number of hydrogen-bond donors (Lipinski definition) is 5. The Balaban J connectivity index is 0.000000154. The monoisotopic (exact) mass is 1960 g/mol. The number of methoxy groups -OCH3 is 1. The lowest BCUT2D eigenvalue weighted by Gasteiger charge is -2.28. The van der Waals surface area contributed by atoms with Crippen molar-refractivity contribution in [2.24, 2.45) is 0 Å². The van der Waals surface area contributed by atoms with Crippen LogP contribution in [0.5, 0.6) is 5.75 Å². The predicted octanol–water partition coefficient (Wildman–Crippen LogP) is 11.9. The number of anilines is 5. The molecule has 10 aromatic rings. The van der Waals surface area contributed by atoms with Crippen LogP contribution in [0.3, 0.4) is 0 Å². The molecule has 127 heavy (non-hydrogen) atoms. The Morgan fingerprint density at radius 1 is 0.386 bits per heavy atom. The van der Waals surface area contributed by atoms with Gasteiger partial charge in [-0.15, -0.1) is 56.7 Å². The van der Waals surface area contributed by atoms with Crippen molar-refractivity contribution in [1.82, 2.24) is 21.5 Å². The Kier molecular flexibility index (Phi) is 27.7. The van der Waals surface area contributed by atoms with E-state index in [1.807, 2.05) is 26.0 Å². The summed E-state index contributed by atoms with van der Waals surface area (Å²) in [5, 5.41) is 24.0. The number of amides is 10. The first-order valence-electron chi connectivity index (χ1n) is 36.7. The van der Waals surface area contributed by atoms with Gasteiger partial charge in [0.1, 0.15) is 30.2 Å². The van der Waals surface area contributed by atoms with Crippen molar-refractivity contribution in [2.45, 2.75) is 109 Å². The molecule has 10 heterocycles. The van der Waals surface area contributed by atoms with Crippen LogP contribution in [0.1, 0.15) is 95.1 Å². The third-order valence-electron chi connectivity index (χ3n) is 19.8. The van der Waals surface area contributed by atoms with Crippen molar-refractivity contribution in [3.05, 3.63) is 226 Å². The summed E-state index contributed by atoms with van der Waals surface area (Å²) in [5.41, 5.74) is 2.42. The number of carbonyl (C=O) groups is 10. The molecule has 5 atom stereocenters. The van der Waals surface area contributed by atoms with Crippen molar-refractivity contribution >= 4 is 212 Å². The molecule has 0 radical (unpaired) electrons. The zero-order valence-electron chi connectivity index (χ0n) is 68.4. The summed E-state index contributed by atoms with van der Waals surface area (Å²) in [6.07, 6.45) is -4.59. The van der Waals surface area contributed by atoms with E-state index in [4.69, 9.17) is 16.3 Å². The first-order valence-corrected chi connectivity index (χ1v) is 48.4. The van der Waals surface area contributed by atoms with Gasteiger partial charge in [0.15, 0.2) is 29.6 Å². The third-order valence-corrected chi connectivity index (χ3v) is 35.4. The lowest BCUT2D eigenvalue weighted by molar-refractivity contribution is -0.384. The summed E-state index contributed by atoms with van der Waals surface area (Å²) in [4.78, 5) is 140. The molecular weight excluding hydrogens is 1880 g/mol. The van der Waals surface area contributed by atoms with Crippen LogP contribution < -0.4 is 31.3 Å². The van der Waals surface area contributed by atoms with E-state index in [1.54, 1.807) is 89.2 Å². The zero-order chi connectivity index (χ0) is 93.9. The number of alkyl halides is 3. The Bertz CT molecular complexity index is 6840. The van der Waals surface area contributed by atoms with E-state index in [0.717, 1.165) is 117 Å². The number of fused-ring (bicyclic) bond motifs is 5. The molecule has 0 aliphatic carbocycles. The number of halogens is 4. The molecule has 5 aromatic heterocycles. The summed E-state index contributed by atoms with van der Waals surface area (Å²) in [7, 11) is -12.5. The van der Waals surface area contributed by atoms with Crippen molar-refractivity contribution in [1.29, 1.82) is 0 Å². The molecule has 5 aliphatic rings. The number of ether oxygens (including phenoxy) is 1. The summed E-state index contributed by atoms with van der Waals surface area (Å²) in [6, 6.07) is 35.2. The van der Waals surface area contributed by atoms with Crippen LogP contribution in [0.15, 0.2) is 170 Å². The van der Waals surface area contributed by atoms with Crippen LogP contribution in [0.25, 0.3) is 0 Å². The van der Waals surface area contributed by atoms with Gasteiger partial charge in [-0.05, 0) is 163 Å². The van der Waals surface area contributed by atoms with Crippen molar-refractivity contribution < 1.29 is 113 Å². The molecule has 48 heteroatoms. The van der Waals surface area contributed by atoms with Crippen molar-refractivity contribution in [3.63, 3.8) is 0 Å². The van der Waals surface area contributed by atoms with Crippen LogP contribution in [0.4, 0.5) is 47.3 Å². The number of nitro groups is 1. The molecule has 0 spiro atoms. The van der Waals surface area contributed by atoms with Gasteiger partial charge < -0.3 is 31.3 Å². The highest BCUT2D eigenvalue weighted by Crippen LogP contribution is 2.47. The van der Waals surface area contributed by atoms with Gasteiger partial charge in [0, 0.05) is 130 Å². The van der Waals surface area contributed by atoms with Gasteiger partial charge in [-0.2, -0.15) is 13.2 Å². The molecule has 5 aromatic carbocycles. The summed E-state index contributed by atoms with van der Waals surface area (Å²) >= 11 is 11.6. The lowest BCUT2D eigenvalue weighted by Crippen LogP contribution is -2.45. The standard InChI is InChI=1S/C16H15ClN2O4S2.C16H13F3N2O4S2.C16H16N2O5S2.C16H16N2O4S2.C15H13N3O6S2/c1-8-4-5-10(7-11(8)17)18-15(20)13-14-12(6-9(2)24-14)25(22,23)19(3)16(13)21;1-8-6-11-13(26-8)12(15(23)21(2)27(11,24)25)14(22)20-10-5-3-4-9(7-10)16(17,18)19;1-9-8-12-14(24-9)13(16(20)18(2)25(12,21)22)15(19)17-10-4-6-11(23-3)7-5-10;1-9-4-6-11(7-5-9)17-15(19)13-14-12(8-10(2)23-14)24(21,22)18(3)16(13)20;1-8-7-11-13(25-8)12(15(20)17(2)26(11,23)24)14(19)16-9-3-5-10(6-4-9)18(21)22/h4-7,13H,1-3H3,(H,18,20);3-7,12H,1-2H3,(H,20,22);4-8,13H,1-3H3,(H,17,19);4-8,13H,1-3H3,(H,17,19);3-7,12H,1-2H3,(H,16,19). The van der Waals surface area contributed by atoms with E-state index >= 15 is 0 Å². The van der Waals surface area contributed by atoms with E-state index in [9.17, 15) is 113 Å². The molecule has 5 N–H and O–H groups in total. The second kappa shape index (κ2) is 36.6. The number of non-ortho nitro benzene ring substituents is 1. The van der Waals surface area contributed by atoms with Crippen LogP contribution >= 0.6 is 68.3 Å². The maximum Gasteiger partial charge on any atom is 0.416 e. The highest BCUT2D eigenvalue weighted by atomic mass is 35.5. The molecule has 10 amide bonds. The first kappa shape index (κ1) is 96.0. The van der Waals surface area contributed by atoms with Gasteiger partial charge in [0.2, 0.25) is 29.5 Å². The number of likely N-dealkylation sites (N-methyl/N-ethyl adjacent to an activating group) is 5. The number of sulfonamides is 5. The second-order valence-corrected chi connectivity index (χ2v) is 45.1. The van der Waals surface area contributed by atoms with E-state index in [2.05, 4.69) is 26.6 Å². The predicted molar refractivity (Wildman–Crippen MR) is 467 cm³/mol. The lowest BCUT2D eigenvalue weighted by atomic mass is 10.0. The number of nitrogens with one attached hydrogen (secondary N) is 5. The fourth-order valence-electron chi connectivity index (χ4n) is 13.0. The minimum atomic E-state index is -4.59. The number of carbonyl (C=O) groups excluding carboxylic acids is 10. The first-order chi connectivity index (χ1) is 59.1. The van der Waals surface area contributed by atoms with Gasteiger partial charge in [0.05, 0.1) is 17.6 Å². The molecule has 5 unspecified atom stereocenters. The van der Waals surface area contributed by atoms with Gasteiger partial charge in [-0.3, -0.25) is 58.1 Å². The van der Waals surface area contributed by atoms with E-state index in [-0.39, 0.29) is 65.9 Å². The number of aryl methyl sites for hydroxylation is 7. The quantitative estimate of drug-likeness (QED) is 0.0431. The van der Waals surface area contributed by atoms with Crippen molar-refractivity contribution in [2.75, 3.05) is 68.9 Å². The molecule has 5 aliphatic heterocycles. The van der Waals surface area contributed by atoms with E-state index < -0.39 is 155 Å². The maximum atomic E-state index is 12.8. The molecule has 15 rings (SSSR count). The molecule has 0 saturated heterocycles. The average molecular weight is 1960 g/mol. The normalized spacial score (nSPS) is 18.7. The molecule has 670 valence electrons. The Morgan fingerprint density at radius 3 is 0.898 bits per heavy atom. The van der Waals surface area contributed by atoms with E-state index in [0.29, 0.717) is 64.0 Å².